The Morgan fingerprint density at radius 3 is 2.43 bits per heavy atom. The lowest BCUT2D eigenvalue weighted by atomic mass is 10.0. The summed E-state index contributed by atoms with van der Waals surface area (Å²) in [4.78, 5) is 0. The second-order valence-electron chi connectivity index (χ2n) is 3.27. The number of anilines is 1. The van der Waals surface area contributed by atoms with Crippen LogP contribution in [0, 0.1) is 0 Å². The Morgan fingerprint density at radius 2 is 1.86 bits per heavy atom. The highest BCUT2D eigenvalue weighted by Crippen LogP contribution is 2.18. The number of hydrogen-bond donors (Lipinski definition) is 3. The highest BCUT2D eigenvalue weighted by atomic mass is 15.0. The van der Waals surface area contributed by atoms with Crippen molar-refractivity contribution in [3.63, 3.8) is 0 Å². The van der Waals surface area contributed by atoms with Crippen LogP contribution < -0.4 is 16.8 Å². The lowest BCUT2D eigenvalue weighted by Crippen LogP contribution is -2.33. The van der Waals surface area contributed by atoms with E-state index in [-0.39, 0.29) is 6.17 Å². The van der Waals surface area contributed by atoms with E-state index >= 15 is 0 Å². The van der Waals surface area contributed by atoms with Gasteiger partial charge in [-0.25, -0.2) is 0 Å². The van der Waals surface area contributed by atoms with Crippen LogP contribution in [0.15, 0.2) is 42.6 Å². The molecule has 0 spiro atoms. The van der Waals surface area contributed by atoms with E-state index in [4.69, 9.17) is 11.5 Å². The topological polar surface area (TPSA) is 64.1 Å². The number of benzene rings is 1. The molecule has 0 saturated carbocycles. The fourth-order valence-electron chi connectivity index (χ4n) is 1.35. The first-order chi connectivity index (χ1) is 6.75. The smallest absolute Gasteiger partial charge is 0.0934 e. The second kappa shape index (κ2) is 3.55. The van der Waals surface area contributed by atoms with Crippen molar-refractivity contribution < 1.29 is 0 Å². The largest absolute Gasteiger partial charge is 0.399 e. The summed E-state index contributed by atoms with van der Waals surface area (Å²) in [6.45, 7) is 0. The Morgan fingerprint density at radius 1 is 1.14 bits per heavy atom. The maximum Gasteiger partial charge on any atom is 0.0934 e. The van der Waals surface area contributed by atoms with Crippen molar-refractivity contribution in [2.24, 2.45) is 5.73 Å². The first-order valence-electron chi connectivity index (χ1n) is 4.51. The van der Waals surface area contributed by atoms with Crippen molar-refractivity contribution in [3.8, 4) is 0 Å². The molecule has 2 rings (SSSR count). The van der Waals surface area contributed by atoms with Crippen LogP contribution in [0.1, 0.15) is 5.56 Å². The van der Waals surface area contributed by atoms with Crippen LogP contribution >= 0.6 is 0 Å². The van der Waals surface area contributed by atoms with Gasteiger partial charge in [0.1, 0.15) is 0 Å². The first kappa shape index (κ1) is 8.84. The first-order valence-corrected chi connectivity index (χ1v) is 4.51. The average molecular weight is 187 g/mol. The van der Waals surface area contributed by atoms with Gasteiger partial charge >= 0.3 is 0 Å². The van der Waals surface area contributed by atoms with Crippen LogP contribution in [0.5, 0.6) is 0 Å². The Balaban J connectivity index is 2.24. The third-order valence-corrected chi connectivity index (χ3v) is 2.16. The lowest BCUT2D eigenvalue weighted by Gasteiger charge is -2.14. The number of nitrogen functional groups attached to an aromatic ring is 1. The second-order valence-corrected chi connectivity index (χ2v) is 3.27. The van der Waals surface area contributed by atoms with Crippen LogP contribution in [0.2, 0.25) is 0 Å². The van der Waals surface area contributed by atoms with Gasteiger partial charge in [-0.2, -0.15) is 0 Å². The van der Waals surface area contributed by atoms with E-state index in [1.54, 1.807) is 0 Å². The van der Waals surface area contributed by atoms with Crippen molar-refractivity contribution in [1.29, 1.82) is 0 Å². The molecule has 0 aliphatic carbocycles. The monoisotopic (exact) mass is 187 g/mol. The molecule has 72 valence electrons. The van der Waals surface area contributed by atoms with Crippen molar-refractivity contribution in [3.05, 3.63) is 48.2 Å². The molecule has 1 atom stereocenters. The summed E-state index contributed by atoms with van der Waals surface area (Å²) < 4.78 is 0. The molecule has 14 heavy (non-hydrogen) atoms. The minimum Gasteiger partial charge on any atom is -0.399 e. The van der Waals surface area contributed by atoms with E-state index in [0.717, 1.165) is 16.8 Å². The molecular weight excluding hydrogens is 174 g/mol. The van der Waals surface area contributed by atoms with E-state index in [2.05, 4.69) is 5.32 Å². The van der Waals surface area contributed by atoms with E-state index in [0.29, 0.717) is 0 Å². The predicted molar refractivity (Wildman–Crippen MR) is 59.1 cm³/mol. The summed E-state index contributed by atoms with van der Waals surface area (Å²) in [5.41, 5.74) is 14.3. The molecule has 1 unspecified atom stereocenters. The van der Waals surface area contributed by atoms with Gasteiger partial charge in [0.05, 0.1) is 6.17 Å². The SMILES string of the molecule is Nc1ccc(C2=CNC(N)C=C2)cc1. The quantitative estimate of drug-likeness (QED) is 0.576. The third-order valence-electron chi connectivity index (χ3n) is 2.16. The molecule has 5 N–H and O–H groups in total. The Kier molecular flexibility index (Phi) is 2.24. The summed E-state index contributed by atoms with van der Waals surface area (Å²) in [6, 6.07) is 7.76. The molecule has 1 aliphatic heterocycles. The summed E-state index contributed by atoms with van der Waals surface area (Å²) in [5.74, 6) is 0. The van der Waals surface area contributed by atoms with Crippen molar-refractivity contribution in [2.75, 3.05) is 5.73 Å². The molecule has 0 fully saturated rings. The van der Waals surface area contributed by atoms with Crippen molar-refractivity contribution in [2.45, 2.75) is 6.17 Å². The predicted octanol–water partition coefficient (Wildman–Crippen LogP) is 1.05. The lowest BCUT2D eigenvalue weighted by molar-refractivity contribution is 0.730. The molecule has 3 heteroatoms. The van der Waals surface area contributed by atoms with E-state index in [9.17, 15) is 0 Å². The summed E-state index contributed by atoms with van der Waals surface area (Å²) >= 11 is 0. The highest BCUT2D eigenvalue weighted by molar-refractivity contribution is 5.75. The Labute approximate surface area is 83.1 Å². The number of dihydropyridines is 1. The van der Waals surface area contributed by atoms with Gasteiger partial charge in [-0.1, -0.05) is 18.2 Å². The third kappa shape index (κ3) is 1.78. The molecular formula is C11H13N3. The molecule has 1 aromatic rings. The summed E-state index contributed by atoms with van der Waals surface area (Å²) in [5, 5.41) is 3.04. The van der Waals surface area contributed by atoms with Crippen molar-refractivity contribution in [1.82, 2.24) is 5.32 Å². The molecule has 0 saturated heterocycles. The van der Waals surface area contributed by atoms with Crippen LogP contribution in [0.4, 0.5) is 5.69 Å². The van der Waals surface area contributed by atoms with E-state index < -0.39 is 0 Å². The van der Waals surface area contributed by atoms with E-state index in [1.165, 1.54) is 0 Å². The standard InChI is InChI=1S/C11H13N3/c12-10-4-1-8(2-5-10)9-3-6-11(13)14-7-9/h1-7,11,14H,12-13H2. The van der Waals surface area contributed by atoms with Gasteiger partial charge in [-0.3, -0.25) is 0 Å². The molecule has 0 bridgehead atoms. The number of allylic oxidation sites excluding steroid dienone is 2. The van der Waals surface area contributed by atoms with E-state index in [1.807, 2.05) is 42.6 Å². The zero-order valence-corrected chi connectivity index (χ0v) is 7.77. The fourth-order valence-corrected chi connectivity index (χ4v) is 1.35. The van der Waals surface area contributed by atoms with Gasteiger partial charge < -0.3 is 16.8 Å². The minimum atomic E-state index is -0.0764. The minimum absolute atomic E-state index is 0.0764. The normalized spacial score (nSPS) is 20.1. The van der Waals surface area contributed by atoms with Crippen molar-refractivity contribution >= 4 is 11.3 Å². The average Bonchev–Trinajstić information content (AvgIpc) is 2.21. The van der Waals surface area contributed by atoms with Gasteiger partial charge in [0.25, 0.3) is 0 Å². The summed E-state index contributed by atoms with van der Waals surface area (Å²) in [6.07, 6.45) is 5.77. The fraction of sp³-hybridized carbons (Fsp3) is 0.0909. The highest BCUT2D eigenvalue weighted by Gasteiger charge is 2.03. The maximum absolute atomic E-state index is 5.64. The number of hydrogen-bond acceptors (Lipinski definition) is 3. The number of nitrogens with one attached hydrogen (secondary N) is 1. The van der Waals surface area contributed by atoms with Crippen LogP contribution in [-0.2, 0) is 0 Å². The molecule has 1 heterocycles. The molecule has 3 nitrogen and oxygen atoms in total. The van der Waals surface area contributed by atoms with Crippen LogP contribution in [0.25, 0.3) is 5.57 Å². The zero-order valence-electron chi connectivity index (χ0n) is 7.77. The molecule has 1 aliphatic rings. The van der Waals surface area contributed by atoms with Gasteiger partial charge in [0, 0.05) is 11.9 Å². The number of rotatable bonds is 1. The maximum atomic E-state index is 5.64. The van der Waals surface area contributed by atoms with Gasteiger partial charge in [0.2, 0.25) is 0 Å². The molecule has 0 aromatic heterocycles. The molecule has 0 radical (unpaired) electrons. The Bertz CT molecular complexity index is 376. The summed E-state index contributed by atoms with van der Waals surface area (Å²) in [7, 11) is 0. The van der Waals surface area contributed by atoms with Gasteiger partial charge in [-0.15, -0.1) is 0 Å². The zero-order chi connectivity index (χ0) is 9.97. The van der Waals surface area contributed by atoms with Crippen LogP contribution in [-0.4, -0.2) is 6.17 Å². The Hall–Kier alpha value is -1.74. The molecule has 1 aromatic carbocycles. The van der Waals surface area contributed by atoms with Gasteiger partial charge in [0.15, 0.2) is 0 Å². The molecule has 0 amide bonds. The van der Waals surface area contributed by atoms with Gasteiger partial charge in [-0.05, 0) is 29.3 Å². The van der Waals surface area contributed by atoms with Crippen LogP contribution in [0.3, 0.4) is 0 Å². The number of nitrogens with two attached hydrogens (primary N) is 2.